The van der Waals surface area contributed by atoms with Crippen molar-refractivity contribution in [3.8, 4) is 0 Å². The predicted octanol–water partition coefficient (Wildman–Crippen LogP) is 4.24. The molecule has 3 heteroatoms. The van der Waals surface area contributed by atoms with Gasteiger partial charge in [-0.2, -0.15) is 0 Å². The number of hydrogen-bond donors (Lipinski definition) is 1. The Morgan fingerprint density at radius 3 is 2.45 bits per heavy atom. The molecule has 0 radical (unpaired) electrons. The molecule has 20 heavy (non-hydrogen) atoms. The average Bonchev–Trinajstić information content (AvgIpc) is 2.50. The van der Waals surface area contributed by atoms with Crippen LogP contribution in [0.4, 0.5) is 0 Å². The van der Waals surface area contributed by atoms with Gasteiger partial charge in [-0.05, 0) is 49.9 Å². The summed E-state index contributed by atoms with van der Waals surface area (Å²) in [5.41, 5.74) is 7.61. The molecular formula is C17H27ClN2. The van der Waals surface area contributed by atoms with E-state index in [0.29, 0.717) is 0 Å². The van der Waals surface area contributed by atoms with Gasteiger partial charge in [0.25, 0.3) is 0 Å². The Labute approximate surface area is 128 Å². The van der Waals surface area contributed by atoms with Crippen molar-refractivity contribution in [3.05, 3.63) is 34.9 Å². The molecule has 0 saturated carbocycles. The predicted molar refractivity (Wildman–Crippen MR) is 87.0 cm³/mol. The van der Waals surface area contributed by atoms with Crippen LogP contribution in [0.15, 0.2) is 24.3 Å². The lowest BCUT2D eigenvalue weighted by molar-refractivity contribution is 0.113. The van der Waals surface area contributed by atoms with Crippen molar-refractivity contribution in [1.82, 2.24) is 4.90 Å². The number of rotatable bonds is 5. The van der Waals surface area contributed by atoms with Gasteiger partial charge in [-0.25, -0.2) is 0 Å². The highest BCUT2D eigenvalue weighted by Gasteiger charge is 2.30. The molecule has 112 valence electrons. The number of nitrogens with zero attached hydrogens (tertiary/aromatic N) is 1. The van der Waals surface area contributed by atoms with Crippen molar-refractivity contribution in [1.29, 1.82) is 0 Å². The molecule has 1 fully saturated rings. The van der Waals surface area contributed by atoms with Crippen LogP contribution in [0.3, 0.4) is 0 Å². The van der Waals surface area contributed by atoms with E-state index in [9.17, 15) is 0 Å². The van der Waals surface area contributed by atoms with Crippen LogP contribution >= 0.6 is 11.6 Å². The second-order valence-corrected chi connectivity index (χ2v) is 6.33. The Morgan fingerprint density at radius 2 is 1.90 bits per heavy atom. The highest BCUT2D eigenvalue weighted by atomic mass is 35.5. The van der Waals surface area contributed by atoms with Crippen molar-refractivity contribution in [2.45, 2.75) is 51.6 Å². The summed E-state index contributed by atoms with van der Waals surface area (Å²) in [6, 6.07) is 8.57. The zero-order valence-corrected chi connectivity index (χ0v) is 13.4. The molecule has 1 aliphatic heterocycles. The quantitative estimate of drug-likeness (QED) is 0.880. The molecule has 1 heterocycles. The van der Waals surface area contributed by atoms with Gasteiger partial charge in [0.1, 0.15) is 0 Å². The average molecular weight is 295 g/mol. The number of halogens is 1. The summed E-state index contributed by atoms with van der Waals surface area (Å²) in [5.74, 6) is 0.885. The fourth-order valence-electron chi connectivity index (χ4n) is 3.28. The third-order valence-electron chi connectivity index (χ3n) is 4.72. The minimum Gasteiger partial charge on any atom is -0.326 e. The lowest BCUT2D eigenvalue weighted by atomic mass is 9.89. The van der Waals surface area contributed by atoms with Crippen LogP contribution in [0, 0.1) is 5.92 Å². The molecule has 2 unspecified atom stereocenters. The van der Waals surface area contributed by atoms with E-state index in [4.69, 9.17) is 17.3 Å². The summed E-state index contributed by atoms with van der Waals surface area (Å²) in [5, 5.41) is 0.846. The van der Waals surface area contributed by atoms with Crippen LogP contribution in [-0.2, 0) is 0 Å². The van der Waals surface area contributed by atoms with Crippen molar-refractivity contribution < 1.29 is 0 Å². The summed E-state index contributed by atoms with van der Waals surface area (Å²) >= 11 is 6.41. The molecule has 1 saturated heterocycles. The van der Waals surface area contributed by atoms with E-state index in [2.05, 4.69) is 30.9 Å². The first-order valence-electron chi connectivity index (χ1n) is 7.91. The smallest absolute Gasteiger partial charge is 0.0513 e. The van der Waals surface area contributed by atoms with E-state index in [-0.39, 0.29) is 12.1 Å². The molecule has 2 atom stereocenters. The second kappa shape index (κ2) is 7.44. The Bertz CT molecular complexity index is 413. The normalized spacial score (nSPS) is 20.8. The first-order chi connectivity index (χ1) is 9.67. The van der Waals surface area contributed by atoms with Crippen molar-refractivity contribution in [2.75, 3.05) is 13.1 Å². The number of nitrogens with two attached hydrogens (primary N) is 1. The molecule has 0 aliphatic carbocycles. The topological polar surface area (TPSA) is 29.3 Å². The van der Waals surface area contributed by atoms with Gasteiger partial charge in [0, 0.05) is 11.1 Å². The number of benzene rings is 1. The van der Waals surface area contributed by atoms with Gasteiger partial charge in [-0.15, -0.1) is 0 Å². The molecule has 1 aromatic carbocycles. The molecule has 0 aromatic heterocycles. The lowest BCUT2D eigenvalue weighted by Crippen LogP contribution is -2.44. The van der Waals surface area contributed by atoms with Crippen molar-refractivity contribution in [3.63, 3.8) is 0 Å². The third kappa shape index (κ3) is 3.55. The van der Waals surface area contributed by atoms with Crippen molar-refractivity contribution in [2.24, 2.45) is 11.7 Å². The monoisotopic (exact) mass is 294 g/mol. The maximum atomic E-state index is 6.42. The van der Waals surface area contributed by atoms with Gasteiger partial charge in [0.15, 0.2) is 0 Å². The van der Waals surface area contributed by atoms with E-state index in [1.807, 2.05) is 12.1 Å². The summed E-state index contributed by atoms with van der Waals surface area (Å²) in [4.78, 5) is 2.54. The van der Waals surface area contributed by atoms with Gasteiger partial charge in [-0.3, -0.25) is 4.90 Å². The van der Waals surface area contributed by atoms with Crippen LogP contribution in [0.25, 0.3) is 0 Å². The maximum absolute atomic E-state index is 6.42. The van der Waals surface area contributed by atoms with E-state index < -0.39 is 0 Å². The van der Waals surface area contributed by atoms with Crippen LogP contribution in [0.1, 0.15) is 51.1 Å². The molecule has 2 N–H and O–H groups in total. The third-order valence-corrected chi connectivity index (χ3v) is 5.06. The molecule has 1 aromatic rings. The van der Waals surface area contributed by atoms with Gasteiger partial charge < -0.3 is 5.73 Å². The number of likely N-dealkylation sites (tertiary alicyclic amines) is 1. The fourth-order valence-corrected chi connectivity index (χ4v) is 3.52. The lowest BCUT2D eigenvalue weighted by Gasteiger charge is -2.40. The van der Waals surface area contributed by atoms with Crippen molar-refractivity contribution >= 4 is 11.6 Å². The highest BCUT2D eigenvalue weighted by Crippen LogP contribution is 2.34. The molecule has 0 bridgehead atoms. The van der Waals surface area contributed by atoms with E-state index in [1.54, 1.807) is 0 Å². The summed E-state index contributed by atoms with van der Waals surface area (Å²) in [6.07, 6.45) is 4.84. The Kier molecular flexibility index (Phi) is 5.88. The van der Waals surface area contributed by atoms with Crippen LogP contribution in [0.2, 0.25) is 5.02 Å². The largest absolute Gasteiger partial charge is 0.326 e. The standard InChI is InChI=1S/C17H27ClN2/c1-3-13-9-11-20(12-10-13)17(16(19)4-2)14-7-5-6-8-15(14)18/h5-8,13,16-17H,3-4,9-12,19H2,1-2H3. The molecule has 0 amide bonds. The summed E-state index contributed by atoms with van der Waals surface area (Å²) in [7, 11) is 0. The Morgan fingerprint density at radius 1 is 1.25 bits per heavy atom. The van der Waals surface area contributed by atoms with Gasteiger partial charge in [-0.1, -0.05) is 50.1 Å². The molecule has 1 aliphatic rings. The number of hydrogen-bond acceptors (Lipinski definition) is 2. The van der Waals surface area contributed by atoms with Gasteiger partial charge in [0.2, 0.25) is 0 Å². The van der Waals surface area contributed by atoms with E-state index in [0.717, 1.165) is 30.5 Å². The van der Waals surface area contributed by atoms with Crippen LogP contribution in [-0.4, -0.2) is 24.0 Å². The minimum absolute atomic E-state index is 0.146. The van der Waals surface area contributed by atoms with E-state index in [1.165, 1.54) is 24.8 Å². The molecule has 0 spiro atoms. The van der Waals surface area contributed by atoms with Gasteiger partial charge >= 0.3 is 0 Å². The van der Waals surface area contributed by atoms with Crippen LogP contribution in [0.5, 0.6) is 0 Å². The first kappa shape index (κ1) is 15.8. The first-order valence-corrected chi connectivity index (χ1v) is 8.29. The molecule has 2 nitrogen and oxygen atoms in total. The SMILES string of the molecule is CCC1CCN(C(c2ccccc2Cl)C(N)CC)CC1. The Balaban J connectivity index is 2.19. The summed E-state index contributed by atoms with van der Waals surface area (Å²) in [6.45, 7) is 6.74. The zero-order chi connectivity index (χ0) is 14.5. The Hall–Kier alpha value is -0.570. The molecular weight excluding hydrogens is 268 g/mol. The summed E-state index contributed by atoms with van der Waals surface area (Å²) < 4.78 is 0. The molecule has 2 rings (SSSR count). The highest BCUT2D eigenvalue weighted by molar-refractivity contribution is 6.31. The van der Waals surface area contributed by atoms with E-state index >= 15 is 0 Å². The maximum Gasteiger partial charge on any atom is 0.0513 e. The zero-order valence-electron chi connectivity index (χ0n) is 12.7. The fraction of sp³-hybridized carbons (Fsp3) is 0.647. The number of piperidine rings is 1. The van der Waals surface area contributed by atoms with Gasteiger partial charge in [0.05, 0.1) is 6.04 Å². The minimum atomic E-state index is 0.146. The van der Waals surface area contributed by atoms with Crippen LogP contribution < -0.4 is 5.73 Å². The second-order valence-electron chi connectivity index (χ2n) is 5.93.